The molecule has 5 rings (SSSR count). The Morgan fingerprint density at radius 1 is 1.05 bits per heavy atom. The largest absolute Gasteiger partial charge is 0.586 e. The van der Waals surface area contributed by atoms with Crippen molar-refractivity contribution < 1.29 is 33.3 Å². The first-order valence-corrected chi connectivity index (χ1v) is 12.8. The summed E-state index contributed by atoms with van der Waals surface area (Å²) in [5.41, 5.74) is 1.42. The number of hydrogen-bond acceptors (Lipinski definition) is 8. The summed E-state index contributed by atoms with van der Waals surface area (Å²) in [6.07, 6.45) is -2.56. The van der Waals surface area contributed by atoms with Crippen LogP contribution >= 0.6 is 11.9 Å². The lowest BCUT2D eigenvalue weighted by Crippen LogP contribution is -2.45. The number of anilines is 1. The van der Waals surface area contributed by atoms with Crippen LogP contribution in [0, 0.1) is 6.92 Å². The molecule has 11 heteroatoms. The Bertz CT molecular complexity index is 1360. The first-order chi connectivity index (χ1) is 18.1. The van der Waals surface area contributed by atoms with Crippen LogP contribution in [-0.4, -0.2) is 46.2 Å². The van der Waals surface area contributed by atoms with Crippen LogP contribution in [0.1, 0.15) is 30.9 Å². The zero-order valence-electron chi connectivity index (χ0n) is 20.8. The Labute approximate surface area is 222 Å². The Balaban J connectivity index is 1.30. The first-order valence-electron chi connectivity index (χ1n) is 12.0. The summed E-state index contributed by atoms with van der Waals surface area (Å²) in [7, 11) is 0. The summed E-state index contributed by atoms with van der Waals surface area (Å²) in [5.74, 6) is -0.0257. The maximum atomic E-state index is 13.4. The number of aromatic nitrogens is 1. The summed E-state index contributed by atoms with van der Waals surface area (Å²) >= 11 is 1.31. The number of halogens is 2. The zero-order valence-corrected chi connectivity index (χ0v) is 21.6. The quantitative estimate of drug-likeness (QED) is 0.294. The maximum absolute atomic E-state index is 13.4. The van der Waals surface area contributed by atoms with Gasteiger partial charge in [0, 0.05) is 10.5 Å². The Kier molecular flexibility index (Phi) is 6.80. The molecule has 0 bridgehead atoms. The molecule has 0 unspecified atom stereocenters. The van der Waals surface area contributed by atoms with Gasteiger partial charge in [-0.1, -0.05) is 24.3 Å². The van der Waals surface area contributed by atoms with Gasteiger partial charge in [-0.25, -0.2) is 9.71 Å². The second-order valence-corrected chi connectivity index (χ2v) is 10.7. The van der Waals surface area contributed by atoms with Crippen molar-refractivity contribution in [2.24, 2.45) is 0 Å². The number of carbonyl (C=O) groups is 1. The Morgan fingerprint density at radius 3 is 2.39 bits per heavy atom. The Hall–Kier alpha value is -3.25. The fourth-order valence-electron chi connectivity index (χ4n) is 4.12. The average Bonchev–Trinajstić information content (AvgIpc) is 3.66. The number of amides is 1. The summed E-state index contributed by atoms with van der Waals surface area (Å²) < 4.78 is 38.9. The minimum absolute atomic E-state index is 0.0594. The molecule has 38 heavy (non-hydrogen) atoms. The van der Waals surface area contributed by atoms with Gasteiger partial charge in [-0.2, -0.15) is 0 Å². The molecule has 1 saturated carbocycles. The Morgan fingerprint density at radius 2 is 1.74 bits per heavy atom. The number of hydrogen-bond donors (Lipinski definition) is 4. The number of pyridine rings is 1. The van der Waals surface area contributed by atoms with E-state index in [1.54, 1.807) is 19.1 Å². The predicted molar refractivity (Wildman–Crippen MR) is 138 cm³/mol. The fraction of sp³-hybridized carbons (Fsp3) is 0.333. The molecule has 1 aliphatic heterocycles. The van der Waals surface area contributed by atoms with E-state index in [4.69, 9.17) is 0 Å². The molecule has 0 atom stereocenters. The van der Waals surface area contributed by atoms with E-state index in [-0.39, 0.29) is 30.6 Å². The topological polar surface area (TPSA) is 113 Å². The van der Waals surface area contributed by atoms with Crippen molar-refractivity contribution in [3.63, 3.8) is 0 Å². The first kappa shape index (κ1) is 26.4. The monoisotopic (exact) mass is 543 g/mol. The molecule has 0 saturated heterocycles. The molecule has 2 heterocycles. The SMILES string of the molecule is Cc1ccc(NC(=O)C2(c3ccc4c(c3)OC(F)(F)O4)CC2)nc1-c1ccc(SNC(C)(CO)CO)cc1. The number of ether oxygens (including phenoxy) is 2. The second-order valence-electron chi connectivity index (χ2n) is 9.83. The van der Waals surface area contributed by atoms with E-state index < -0.39 is 17.2 Å². The van der Waals surface area contributed by atoms with Crippen LogP contribution in [0.5, 0.6) is 11.5 Å². The van der Waals surface area contributed by atoms with Crippen molar-refractivity contribution >= 4 is 23.7 Å². The van der Waals surface area contributed by atoms with Crippen molar-refractivity contribution in [3.8, 4) is 22.8 Å². The molecular weight excluding hydrogens is 516 g/mol. The van der Waals surface area contributed by atoms with E-state index in [0.717, 1.165) is 16.0 Å². The van der Waals surface area contributed by atoms with Crippen LogP contribution in [0.3, 0.4) is 0 Å². The van der Waals surface area contributed by atoms with Crippen LogP contribution in [0.15, 0.2) is 59.5 Å². The summed E-state index contributed by atoms with van der Waals surface area (Å²) in [6, 6.07) is 15.7. The van der Waals surface area contributed by atoms with E-state index in [9.17, 15) is 23.8 Å². The van der Waals surface area contributed by atoms with Gasteiger partial charge in [0.1, 0.15) is 5.82 Å². The van der Waals surface area contributed by atoms with E-state index in [1.165, 1.54) is 24.1 Å². The van der Waals surface area contributed by atoms with E-state index in [0.29, 0.717) is 29.9 Å². The number of aliphatic hydroxyl groups is 2. The predicted octanol–water partition coefficient (Wildman–Crippen LogP) is 4.39. The van der Waals surface area contributed by atoms with Crippen molar-refractivity contribution in [1.82, 2.24) is 9.71 Å². The number of benzene rings is 2. The smallest absolute Gasteiger partial charge is 0.395 e. The molecule has 2 aromatic carbocycles. The molecular formula is C27H27F2N3O5S. The molecule has 200 valence electrons. The van der Waals surface area contributed by atoms with Gasteiger partial charge in [0.15, 0.2) is 11.5 Å². The number of fused-ring (bicyclic) bond motifs is 1. The van der Waals surface area contributed by atoms with Gasteiger partial charge in [0.05, 0.1) is 29.9 Å². The number of aliphatic hydroxyl groups excluding tert-OH is 2. The molecule has 4 N–H and O–H groups in total. The van der Waals surface area contributed by atoms with Crippen molar-refractivity contribution in [3.05, 3.63) is 65.7 Å². The van der Waals surface area contributed by atoms with Gasteiger partial charge < -0.3 is 25.0 Å². The fourth-order valence-corrected chi connectivity index (χ4v) is 4.89. The standard InChI is InChI=1S/C27H27F2N3O5S/c1-16-3-10-22(30-23(16)17-4-7-19(8-5-17)38-32-25(2,14-33)15-34)31-24(35)26(11-12-26)18-6-9-20-21(13-18)37-27(28,29)36-20/h3-10,13,32-34H,11-12,14-15H2,1-2H3,(H,30,31,35). The van der Waals surface area contributed by atoms with Gasteiger partial charge in [-0.05, 0) is 80.1 Å². The molecule has 1 amide bonds. The molecule has 0 spiro atoms. The molecule has 3 aromatic rings. The normalized spacial score (nSPS) is 16.8. The summed E-state index contributed by atoms with van der Waals surface area (Å²) in [4.78, 5) is 18.8. The third-order valence-corrected chi connectivity index (χ3v) is 7.82. The minimum atomic E-state index is -3.71. The lowest BCUT2D eigenvalue weighted by molar-refractivity contribution is -0.286. The molecule has 1 aliphatic carbocycles. The van der Waals surface area contributed by atoms with Gasteiger partial charge in [-0.3, -0.25) is 4.79 Å². The number of alkyl halides is 2. The van der Waals surface area contributed by atoms with Crippen LogP contribution in [0.4, 0.5) is 14.6 Å². The lowest BCUT2D eigenvalue weighted by atomic mass is 9.94. The molecule has 1 fully saturated rings. The third-order valence-electron chi connectivity index (χ3n) is 6.72. The maximum Gasteiger partial charge on any atom is 0.586 e. The average molecular weight is 544 g/mol. The van der Waals surface area contributed by atoms with Crippen molar-refractivity contribution in [2.45, 2.75) is 48.8 Å². The number of nitrogens with one attached hydrogen (secondary N) is 2. The second kappa shape index (κ2) is 9.81. The van der Waals surface area contributed by atoms with Gasteiger partial charge >= 0.3 is 6.29 Å². The molecule has 2 aliphatic rings. The third kappa shape index (κ3) is 5.19. The highest BCUT2D eigenvalue weighted by Gasteiger charge is 2.53. The summed E-state index contributed by atoms with van der Waals surface area (Å²) in [5, 5.41) is 21.8. The number of nitrogens with zero attached hydrogens (tertiary/aromatic N) is 1. The minimum Gasteiger partial charge on any atom is -0.395 e. The zero-order chi connectivity index (χ0) is 27.1. The highest BCUT2D eigenvalue weighted by Crippen LogP contribution is 2.52. The summed E-state index contributed by atoms with van der Waals surface area (Å²) in [6.45, 7) is 3.24. The van der Waals surface area contributed by atoms with Crippen LogP contribution in [0.2, 0.25) is 0 Å². The van der Waals surface area contributed by atoms with Crippen LogP contribution in [0.25, 0.3) is 11.3 Å². The molecule has 1 aromatic heterocycles. The number of rotatable bonds is 9. The van der Waals surface area contributed by atoms with Gasteiger partial charge in [0.25, 0.3) is 0 Å². The van der Waals surface area contributed by atoms with E-state index in [2.05, 4.69) is 24.5 Å². The van der Waals surface area contributed by atoms with Crippen LogP contribution in [-0.2, 0) is 10.2 Å². The van der Waals surface area contributed by atoms with Gasteiger partial charge in [-0.15, -0.1) is 8.78 Å². The van der Waals surface area contributed by atoms with E-state index >= 15 is 0 Å². The highest BCUT2D eigenvalue weighted by atomic mass is 32.2. The van der Waals surface area contributed by atoms with Crippen molar-refractivity contribution in [1.29, 1.82) is 0 Å². The lowest BCUT2D eigenvalue weighted by Gasteiger charge is -2.25. The molecule has 0 radical (unpaired) electrons. The van der Waals surface area contributed by atoms with Crippen LogP contribution < -0.4 is 19.5 Å². The number of carbonyl (C=O) groups excluding carboxylic acids is 1. The van der Waals surface area contributed by atoms with E-state index in [1.807, 2.05) is 37.3 Å². The van der Waals surface area contributed by atoms with Gasteiger partial charge in [0.2, 0.25) is 5.91 Å². The number of aryl methyl sites for hydroxylation is 1. The highest BCUT2D eigenvalue weighted by molar-refractivity contribution is 7.97. The molecule has 8 nitrogen and oxygen atoms in total. The van der Waals surface area contributed by atoms with Crippen molar-refractivity contribution in [2.75, 3.05) is 18.5 Å².